The number of benzene rings is 2. The highest BCUT2D eigenvalue weighted by molar-refractivity contribution is 7.88. The van der Waals surface area contributed by atoms with Gasteiger partial charge in [-0.05, 0) is 72.4 Å². The molecule has 0 aliphatic carbocycles. The van der Waals surface area contributed by atoms with Crippen molar-refractivity contribution in [3.05, 3.63) is 93.7 Å². The molecule has 9 heteroatoms. The lowest BCUT2D eigenvalue weighted by Crippen LogP contribution is -2.44. The molecule has 1 fully saturated rings. The van der Waals surface area contributed by atoms with Gasteiger partial charge in [0.15, 0.2) is 0 Å². The van der Waals surface area contributed by atoms with E-state index in [-0.39, 0.29) is 18.2 Å². The first-order valence-corrected chi connectivity index (χ1v) is 13.4. The summed E-state index contributed by atoms with van der Waals surface area (Å²) in [7, 11) is -3.59. The average molecular weight is 518 g/mol. The van der Waals surface area contributed by atoms with Gasteiger partial charge >= 0.3 is 0 Å². The SMILES string of the molecule is O=C(Nc1ccc(Cc2ccncc2)cc1)[C@H]1CCCN(S(=O)(=O)Cc2ccc(Cl)c(Cl)c2)C1. The summed E-state index contributed by atoms with van der Waals surface area (Å²) in [6.07, 6.45) is 5.59. The Labute approximate surface area is 210 Å². The lowest BCUT2D eigenvalue weighted by Gasteiger charge is -2.31. The minimum atomic E-state index is -3.59. The van der Waals surface area contributed by atoms with E-state index in [2.05, 4.69) is 10.3 Å². The van der Waals surface area contributed by atoms with Gasteiger partial charge in [0.2, 0.25) is 15.9 Å². The molecule has 0 bridgehead atoms. The first kappa shape index (κ1) is 24.7. The first-order valence-electron chi connectivity index (χ1n) is 11.0. The van der Waals surface area contributed by atoms with E-state index in [4.69, 9.17) is 23.2 Å². The van der Waals surface area contributed by atoms with E-state index in [0.717, 1.165) is 17.5 Å². The van der Waals surface area contributed by atoms with Crippen LogP contribution in [0, 0.1) is 5.92 Å². The average Bonchev–Trinajstić information content (AvgIpc) is 2.83. The van der Waals surface area contributed by atoms with Crippen molar-refractivity contribution in [2.24, 2.45) is 5.92 Å². The molecule has 1 aliphatic heterocycles. The Morgan fingerprint density at radius 3 is 2.35 bits per heavy atom. The van der Waals surface area contributed by atoms with Crippen LogP contribution < -0.4 is 5.32 Å². The van der Waals surface area contributed by atoms with Crippen molar-refractivity contribution in [1.82, 2.24) is 9.29 Å². The van der Waals surface area contributed by atoms with Crippen LogP contribution in [0.15, 0.2) is 67.0 Å². The summed E-state index contributed by atoms with van der Waals surface area (Å²) < 4.78 is 27.4. The van der Waals surface area contributed by atoms with E-state index in [1.54, 1.807) is 30.6 Å². The monoisotopic (exact) mass is 517 g/mol. The maximum atomic E-state index is 13.0. The highest BCUT2D eigenvalue weighted by Crippen LogP contribution is 2.26. The quantitative estimate of drug-likeness (QED) is 0.469. The predicted molar refractivity (Wildman–Crippen MR) is 135 cm³/mol. The fourth-order valence-corrected chi connectivity index (χ4v) is 5.95. The van der Waals surface area contributed by atoms with E-state index >= 15 is 0 Å². The summed E-state index contributed by atoms with van der Waals surface area (Å²) in [6, 6.07) is 16.4. The molecule has 1 atom stereocenters. The number of hydrogen-bond donors (Lipinski definition) is 1. The maximum absolute atomic E-state index is 13.0. The number of aromatic nitrogens is 1. The number of halogens is 2. The van der Waals surface area contributed by atoms with Gasteiger partial charge in [0.25, 0.3) is 0 Å². The number of sulfonamides is 1. The van der Waals surface area contributed by atoms with Crippen LogP contribution >= 0.6 is 23.2 Å². The van der Waals surface area contributed by atoms with E-state index in [0.29, 0.717) is 40.7 Å². The lowest BCUT2D eigenvalue weighted by molar-refractivity contribution is -0.120. The van der Waals surface area contributed by atoms with Crippen LogP contribution in [0.25, 0.3) is 0 Å². The van der Waals surface area contributed by atoms with Crippen LogP contribution in [-0.2, 0) is 27.0 Å². The second kappa shape index (κ2) is 10.9. The largest absolute Gasteiger partial charge is 0.326 e. The molecule has 2 heterocycles. The van der Waals surface area contributed by atoms with Crippen LogP contribution in [0.5, 0.6) is 0 Å². The third-order valence-electron chi connectivity index (χ3n) is 5.86. The van der Waals surface area contributed by atoms with Gasteiger partial charge < -0.3 is 5.32 Å². The number of piperidine rings is 1. The summed E-state index contributed by atoms with van der Waals surface area (Å²) in [5.74, 6) is -0.762. The van der Waals surface area contributed by atoms with Crippen molar-refractivity contribution in [1.29, 1.82) is 0 Å². The van der Waals surface area contributed by atoms with Crippen LogP contribution in [0.1, 0.15) is 29.5 Å². The number of anilines is 1. The molecular formula is C25H25Cl2N3O3S. The molecule has 4 rings (SSSR count). The van der Waals surface area contributed by atoms with Crippen molar-refractivity contribution in [2.45, 2.75) is 25.0 Å². The van der Waals surface area contributed by atoms with E-state index in [1.807, 2.05) is 36.4 Å². The topological polar surface area (TPSA) is 79.4 Å². The Morgan fingerprint density at radius 1 is 0.971 bits per heavy atom. The van der Waals surface area contributed by atoms with Crippen LogP contribution in [0.4, 0.5) is 5.69 Å². The summed E-state index contributed by atoms with van der Waals surface area (Å²) in [5, 5.41) is 3.63. The van der Waals surface area contributed by atoms with Gasteiger partial charge in [0, 0.05) is 31.2 Å². The summed E-state index contributed by atoms with van der Waals surface area (Å²) in [5.41, 5.74) is 3.55. The molecule has 34 heavy (non-hydrogen) atoms. The second-order valence-corrected chi connectivity index (χ2v) is 11.2. The van der Waals surface area contributed by atoms with E-state index in [9.17, 15) is 13.2 Å². The molecule has 3 aromatic rings. The minimum Gasteiger partial charge on any atom is -0.326 e. The smallest absolute Gasteiger partial charge is 0.228 e. The maximum Gasteiger partial charge on any atom is 0.228 e. The van der Waals surface area contributed by atoms with Gasteiger partial charge in [-0.25, -0.2) is 12.7 Å². The lowest BCUT2D eigenvalue weighted by atomic mass is 9.98. The fraction of sp³-hybridized carbons (Fsp3) is 0.280. The summed E-state index contributed by atoms with van der Waals surface area (Å²) in [4.78, 5) is 16.9. The molecule has 1 aromatic heterocycles. The molecule has 1 amide bonds. The summed E-state index contributed by atoms with van der Waals surface area (Å²) >= 11 is 12.0. The van der Waals surface area contributed by atoms with Gasteiger partial charge in [-0.1, -0.05) is 41.4 Å². The highest BCUT2D eigenvalue weighted by Gasteiger charge is 2.32. The zero-order valence-electron chi connectivity index (χ0n) is 18.5. The number of nitrogens with one attached hydrogen (secondary N) is 1. The molecule has 178 valence electrons. The Balaban J connectivity index is 1.36. The molecule has 0 spiro atoms. The third-order valence-corrected chi connectivity index (χ3v) is 8.42. The van der Waals surface area contributed by atoms with Gasteiger partial charge in [0.05, 0.1) is 21.7 Å². The van der Waals surface area contributed by atoms with Crippen molar-refractivity contribution >= 4 is 44.8 Å². The molecule has 2 aromatic carbocycles. The third kappa shape index (κ3) is 6.36. The number of carbonyl (C=O) groups excluding carboxylic acids is 1. The Bertz CT molecular complexity index is 1250. The molecular weight excluding hydrogens is 493 g/mol. The molecule has 0 radical (unpaired) electrons. The molecule has 1 aliphatic rings. The number of nitrogens with zero attached hydrogens (tertiary/aromatic N) is 2. The minimum absolute atomic E-state index is 0.162. The van der Waals surface area contributed by atoms with Crippen LogP contribution in [0.2, 0.25) is 10.0 Å². The number of rotatable bonds is 7. The zero-order chi connectivity index (χ0) is 24.1. The van der Waals surface area contributed by atoms with Crippen molar-refractivity contribution in [3.63, 3.8) is 0 Å². The zero-order valence-corrected chi connectivity index (χ0v) is 20.8. The molecule has 1 N–H and O–H groups in total. The second-order valence-electron chi connectivity index (χ2n) is 8.42. The van der Waals surface area contributed by atoms with E-state index in [1.165, 1.54) is 4.31 Å². The predicted octanol–water partition coefficient (Wildman–Crippen LogP) is 5.16. The Hall–Kier alpha value is -2.45. The first-order chi connectivity index (χ1) is 16.3. The van der Waals surface area contributed by atoms with Crippen LogP contribution in [0.3, 0.4) is 0 Å². The number of amides is 1. The molecule has 6 nitrogen and oxygen atoms in total. The van der Waals surface area contributed by atoms with Gasteiger partial charge in [-0.2, -0.15) is 0 Å². The number of hydrogen-bond acceptors (Lipinski definition) is 4. The van der Waals surface area contributed by atoms with Crippen LogP contribution in [-0.4, -0.2) is 36.7 Å². The van der Waals surface area contributed by atoms with Gasteiger partial charge in [-0.3, -0.25) is 9.78 Å². The number of carbonyl (C=O) groups is 1. The molecule has 1 saturated heterocycles. The number of pyridine rings is 1. The molecule has 0 unspecified atom stereocenters. The Kier molecular flexibility index (Phi) is 7.88. The van der Waals surface area contributed by atoms with Gasteiger partial charge in [0.1, 0.15) is 0 Å². The highest BCUT2D eigenvalue weighted by atomic mass is 35.5. The molecule has 0 saturated carbocycles. The standard InChI is InChI=1S/C25H25Cl2N3O3S/c26-23-8-5-20(15-24(23)27)17-34(32,33)30-13-1-2-21(16-30)25(31)29-22-6-3-18(4-7-22)14-19-9-11-28-12-10-19/h3-12,15,21H,1-2,13-14,16-17H2,(H,29,31)/t21-/m0/s1. The van der Waals surface area contributed by atoms with Gasteiger partial charge in [-0.15, -0.1) is 0 Å². The normalized spacial score (nSPS) is 16.8. The van der Waals surface area contributed by atoms with Crippen molar-refractivity contribution < 1.29 is 13.2 Å². The summed E-state index contributed by atoms with van der Waals surface area (Å²) in [6.45, 7) is 0.562. The fourth-order valence-electron chi connectivity index (χ4n) is 4.03. The van der Waals surface area contributed by atoms with E-state index < -0.39 is 15.9 Å². The van der Waals surface area contributed by atoms with Crippen molar-refractivity contribution in [3.8, 4) is 0 Å². The Morgan fingerprint density at radius 2 is 1.65 bits per heavy atom. The van der Waals surface area contributed by atoms with Crippen molar-refractivity contribution in [2.75, 3.05) is 18.4 Å².